The van der Waals surface area contributed by atoms with Crippen LogP contribution in [0.3, 0.4) is 0 Å². The van der Waals surface area contributed by atoms with E-state index in [1.54, 1.807) is 10.9 Å². The van der Waals surface area contributed by atoms with Crippen molar-refractivity contribution in [1.82, 2.24) is 14.8 Å². The Labute approximate surface area is 92.7 Å². The van der Waals surface area contributed by atoms with Gasteiger partial charge in [0.1, 0.15) is 6.33 Å². The highest BCUT2D eigenvalue weighted by Crippen LogP contribution is 2.24. The Morgan fingerprint density at radius 2 is 2.13 bits per heavy atom. The summed E-state index contributed by atoms with van der Waals surface area (Å²) in [5.41, 5.74) is 6.91. The van der Waals surface area contributed by atoms with Gasteiger partial charge in [0.2, 0.25) is 0 Å². The number of nitrogens with two attached hydrogens (primary N) is 1. The average molecular weight is 223 g/mol. The highest BCUT2D eigenvalue weighted by molar-refractivity contribution is 6.31. The minimum Gasteiger partial charge on any atom is -0.319 e. The van der Waals surface area contributed by atoms with Gasteiger partial charge in [0.15, 0.2) is 5.82 Å². The van der Waals surface area contributed by atoms with Crippen LogP contribution in [0.1, 0.15) is 17.4 Å². The number of hydrogen-bond acceptors (Lipinski definition) is 3. The average Bonchev–Trinajstić information content (AvgIpc) is 2.64. The molecule has 0 saturated carbocycles. The lowest BCUT2D eigenvalue weighted by Gasteiger charge is -2.12. The summed E-state index contributed by atoms with van der Waals surface area (Å²) < 4.78 is 1.79. The normalized spacial score (nSPS) is 12.7. The minimum atomic E-state index is -0.341. The largest absolute Gasteiger partial charge is 0.319 e. The number of benzene rings is 1. The predicted molar refractivity (Wildman–Crippen MR) is 58.5 cm³/mol. The van der Waals surface area contributed by atoms with Crippen LogP contribution in [0.2, 0.25) is 5.02 Å². The zero-order valence-corrected chi connectivity index (χ0v) is 9.02. The number of hydrogen-bond donors (Lipinski definition) is 1. The molecule has 1 aromatic carbocycles. The third-order valence-corrected chi connectivity index (χ3v) is 2.61. The number of nitrogens with zero attached hydrogens (tertiary/aromatic N) is 3. The maximum absolute atomic E-state index is 6.05. The molecule has 0 aliphatic rings. The maximum atomic E-state index is 6.05. The molecular formula is C10H11ClN4. The summed E-state index contributed by atoms with van der Waals surface area (Å²) in [6, 6.07) is 7.13. The first-order chi connectivity index (χ1) is 7.20. The fourth-order valence-electron chi connectivity index (χ4n) is 1.44. The standard InChI is InChI=1S/C10H11ClN4/c1-15-6-13-14-10(15)9(12)7-4-2-3-5-8(7)11/h2-6,9H,12H2,1H3/t9-/m1/s1. The number of aryl methyl sites for hydroxylation is 1. The van der Waals surface area contributed by atoms with Gasteiger partial charge in [0.25, 0.3) is 0 Å². The van der Waals surface area contributed by atoms with Gasteiger partial charge < -0.3 is 10.3 Å². The quantitative estimate of drug-likeness (QED) is 0.838. The molecule has 0 fully saturated rings. The van der Waals surface area contributed by atoms with Gasteiger partial charge in [-0.15, -0.1) is 10.2 Å². The molecule has 15 heavy (non-hydrogen) atoms. The Morgan fingerprint density at radius 1 is 1.40 bits per heavy atom. The number of aromatic nitrogens is 3. The molecule has 2 N–H and O–H groups in total. The van der Waals surface area contributed by atoms with E-state index in [-0.39, 0.29) is 6.04 Å². The van der Waals surface area contributed by atoms with E-state index in [9.17, 15) is 0 Å². The van der Waals surface area contributed by atoms with Gasteiger partial charge in [-0.2, -0.15) is 0 Å². The number of halogens is 1. The molecular weight excluding hydrogens is 212 g/mol. The maximum Gasteiger partial charge on any atom is 0.154 e. The Bertz CT molecular complexity index is 466. The van der Waals surface area contributed by atoms with Crippen LogP contribution in [0.25, 0.3) is 0 Å². The predicted octanol–water partition coefficient (Wildman–Crippen LogP) is 1.52. The van der Waals surface area contributed by atoms with Crippen LogP contribution >= 0.6 is 11.6 Å². The van der Waals surface area contributed by atoms with Gasteiger partial charge in [0.05, 0.1) is 6.04 Å². The van der Waals surface area contributed by atoms with Gasteiger partial charge in [-0.1, -0.05) is 29.8 Å². The van der Waals surface area contributed by atoms with Crippen LogP contribution < -0.4 is 5.73 Å². The Morgan fingerprint density at radius 3 is 2.73 bits per heavy atom. The Balaban J connectivity index is 2.41. The Hall–Kier alpha value is -1.39. The summed E-state index contributed by atoms with van der Waals surface area (Å²) in [5, 5.41) is 8.40. The molecule has 0 amide bonds. The highest BCUT2D eigenvalue weighted by Gasteiger charge is 2.16. The van der Waals surface area contributed by atoms with E-state index < -0.39 is 0 Å². The second-order valence-electron chi connectivity index (χ2n) is 3.30. The fraction of sp³-hybridized carbons (Fsp3) is 0.200. The fourth-order valence-corrected chi connectivity index (χ4v) is 1.69. The van der Waals surface area contributed by atoms with E-state index in [4.69, 9.17) is 17.3 Å². The molecule has 1 atom stereocenters. The van der Waals surface area contributed by atoms with Crippen LogP contribution in [-0.4, -0.2) is 14.8 Å². The van der Waals surface area contributed by atoms with Crippen molar-refractivity contribution in [3.05, 3.63) is 47.0 Å². The van der Waals surface area contributed by atoms with Gasteiger partial charge in [-0.25, -0.2) is 0 Å². The minimum absolute atomic E-state index is 0.341. The van der Waals surface area contributed by atoms with Crippen molar-refractivity contribution in [1.29, 1.82) is 0 Å². The van der Waals surface area contributed by atoms with Gasteiger partial charge >= 0.3 is 0 Å². The SMILES string of the molecule is Cn1cnnc1[C@H](N)c1ccccc1Cl. The lowest BCUT2D eigenvalue weighted by Crippen LogP contribution is -2.16. The van der Waals surface area contributed by atoms with Crippen molar-refractivity contribution in [2.45, 2.75) is 6.04 Å². The van der Waals surface area contributed by atoms with Crippen LogP contribution in [0.5, 0.6) is 0 Å². The van der Waals surface area contributed by atoms with Crippen LogP contribution in [0, 0.1) is 0 Å². The van der Waals surface area contributed by atoms with E-state index in [1.807, 2.05) is 31.3 Å². The highest BCUT2D eigenvalue weighted by atomic mass is 35.5. The first-order valence-electron chi connectivity index (χ1n) is 4.54. The number of rotatable bonds is 2. The van der Waals surface area contributed by atoms with E-state index >= 15 is 0 Å². The van der Waals surface area contributed by atoms with Crippen molar-refractivity contribution < 1.29 is 0 Å². The smallest absolute Gasteiger partial charge is 0.154 e. The lowest BCUT2D eigenvalue weighted by molar-refractivity contribution is 0.715. The Kier molecular flexibility index (Phi) is 2.70. The van der Waals surface area contributed by atoms with Crippen molar-refractivity contribution in [2.24, 2.45) is 12.8 Å². The molecule has 2 aromatic rings. The molecule has 0 bridgehead atoms. The molecule has 1 heterocycles. The summed E-state index contributed by atoms with van der Waals surface area (Å²) in [4.78, 5) is 0. The molecule has 0 radical (unpaired) electrons. The van der Waals surface area contributed by atoms with E-state index in [0.717, 1.165) is 5.56 Å². The van der Waals surface area contributed by atoms with Crippen molar-refractivity contribution in [3.8, 4) is 0 Å². The van der Waals surface area contributed by atoms with Crippen LogP contribution in [0.15, 0.2) is 30.6 Å². The van der Waals surface area contributed by atoms with E-state index in [1.165, 1.54) is 0 Å². The first-order valence-corrected chi connectivity index (χ1v) is 4.92. The van der Waals surface area contributed by atoms with Crippen molar-refractivity contribution in [3.63, 3.8) is 0 Å². The molecule has 0 aliphatic heterocycles. The molecule has 0 spiro atoms. The van der Waals surface area contributed by atoms with Gasteiger partial charge in [0, 0.05) is 12.1 Å². The summed E-state index contributed by atoms with van der Waals surface area (Å²) in [6.45, 7) is 0. The zero-order valence-electron chi connectivity index (χ0n) is 8.26. The molecule has 0 unspecified atom stereocenters. The molecule has 0 saturated heterocycles. The molecule has 5 heteroatoms. The summed E-state index contributed by atoms with van der Waals surface area (Å²) in [7, 11) is 1.85. The molecule has 0 aliphatic carbocycles. The second-order valence-corrected chi connectivity index (χ2v) is 3.71. The summed E-state index contributed by atoms with van der Waals surface area (Å²) in [6.07, 6.45) is 1.62. The van der Waals surface area contributed by atoms with Crippen LogP contribution in [-0.2, 0) is 7.05 Å². The van der Waals surface area contributed by atoms with Crippen LogP contribution in [0.4, 0.5) is 0 Å². The summed E-state index contributed by atoms with van der Waals surface area (Å²) in [5.74, 6) is 0.697. The molecule has 2 rings (SSSR count). The monoisotopic (exact) mass is 222 g/mol. The van der Waals surface area contributed by atoms with Gasteiger partial charge in [-0.3, -0.25) is 0 Å². The van der Waals surface area contributed by atoms with Crippen molar-refractivity contribution in [2.75, 3.05) is 0 Å². The van der Waals surface area contributed by atoms with E-state index in [2.05, 4.69) is 10.2 Å². The third-order valence-electron chi connectivity index (χ3n) is 2.26. The summed E-state index contributed by atoms with van der Waals surface area (Å²) >= 11 is 6.05. The molecule has 1 aromatic heterocycles. The zero-order chi connectivity index (χ0) is 10.8. The molecule has 4 nitrogen and oxygen atoms in total. The first kappa shape index (κ1) is 10.1. The van der Waals surface area contributed by atoms with E-state index in [0.29, 0.717) is 10.8 Å². The van der Waals surface area contributed by atoms with Crippen molar-refractivity contribution >= 4 is 11.6 Å². The topological polar surface area (TPSA) is 56.7 Å². The van der Waals surface area contributed by atoms with Gasteiger partial charge in [-0.05, 0) is 11.6 Å². The lowest BCUT2D eigenvalue weighted by atomic mass is 10.1. The molecule has 78 valence electrons. The third kappa shape index (κ3) is 1.86. The second kappa shape index (κ2) is 4.00.